The van der Waals surface area contributed by atoms with E-state index in [2.05, 4.69) is 21.2 Å². The molecule has 5 heteroatoms. The first-order valence-electron chi connectivity index (χ1n) is 4.44. The summed E-state index contributed by atoms with van der Waals surface area (Å²) < 4.78 is 6.08. The molecular formula is C10H13BrN2O2. The highest BCUT2D eigenvalue weighted by Gasteiger charge is 2.11. The van der Waals surface area contributed by atoms with E-state index in [9.17, 15) is 4.79 Å². The normalized spacial score (nSPS) is 11.9. The maximum absolute atomic E-state index is 10.9. The fraction of sp³-hybridized carbons (Fsp3) is 0.300. The molecule has 0 radical (unpaired) electrons. The highest BCUT2D eigenvalue weighted by molar-refractivity contribution is 9.10. The van der Waals surface area contributed by atoms with Crippen molar-refractivity contribution in [2.45, 2.75) is 13.0 Å². The average molecular weight is 273 g/mol. The van der Waals surface area contributed by atoms with E-state index in [1.165, 1.54) is 0 Å². The average Bonchev–Trinajstić information content (AvgIpc) is 2.20. The van der Waals surface area contributed by atoms with Crippen molar-refractivity contribution >= 4 is 27.5 Å². The number of carbonyl (C=O) groups is 1. The van der Waals surface area contributed by atoms with Crippen molar-refractivity contribution in [2.75, 3.05) is 12.4 Å². The predicted molar refractivity (Wildman–Crippen MR) is 63.0 cm³/mol. The van der Waals surface area contributed by atoms with Crippen LogP contribution in [0, 0.1) is 0 Å². The van der Waals surface area contributed by atoms with Crippen molar-refractivity contribution in [3.8, 4) is 5.75 Å². The third kappa shape index (κ3) is 3.13. The third-order valence-corrected chi connectivity index (χ3v) is 2.46. The Bertz CT molecular complexity index is 368. The van der Waals surface area contributed by atoms with Gasteiger partial charge in [0.25, 0.3) is 0 Å². The summed E-state index contributed by atoms with van der Waals surface area (Å²) in [5, 5.41) is 2.97. The molecule has 0 aliphatic heterocycles. The first-order valence-corrected chi connectivity index (χ1v) is 5.23. The van der Waals surface area contributed by atoms with Gasteiger partial charge < -0.3 is 15.8 Å². The van der Waals surface area contributed by atoms with E-state index in [1.807, 2.05) is 18.2 Å². The maximum Gasteiger partial charge on any atom is 0.239 e. The van der Waals surface area contributed by atoms with Crippen LogP contribution in [-0.4, -0.2) is 19.1 Å². The van der Waals surface area contributed by atoms with Crippen LogP contribution in [0.2, 0.25) is 0 Å². The van der Waals surface area contributed by atoms with Gasteiger partial charge in [-0.2, -0.15) is 0 Å². The molecule has 4 nitrogen and oxygen atoms in total. The first-order chi connectivity index (χ1) is 7.04. The molecule has 0 fully saturated rings. The second-order valence-corrected chi connectivity index (χ2v) is 4.03. The van der Waals surface area contributed by atoms with E-state index in [0.717, 1.165) is 10.2 Å². The maximum atomic E-state index is 10.9. The quantitative estimate of drug-likeness (QED) is 0.878. The number of amides is 1. The number of rotatable bonds is 4. The lowest BCUT2D eigenvalue weighted by Gasteiger charge is -2.14. The third-order valence-electron chi connectivity index (χ3n) is 1.96. The molecule has 82 valence electrons. The Kier molecular flexibility index (Phi) is 3.96. The number of anilines is 1. The smallest absolute Gasteiger partial charge is 0.239 e. The molecule has 1 unspecified atom stereocenters. The van der Waals surface area contributed by atoms with Gasteiger partial charge in [-0.05, 0) is 25.1 Å². The van der Waals surface area contributed by atoms with Gasteiger partial charge in [0.1, 0.15) is 11.8 Å². The summed E-state index contributed by atoms with van der Waals surface area (Å²) in [6.45, 7) is 1.70. The summed E-state index contributed by atoms with van der Waals surface area (Å²) in [6, 6.07) is 5.07. The van der Waals surface area contributed by atoms with Crippen molar-refractivity contribution in [1.29, 1.82) is 0 Å². The highest BCUT2D eigenvalue weighted by Crippen LogP contribution is 2.28. The van der Waals surface area contributed by atoms with Crippen molar-refractivity contribution in [3.63, 3.8) is 0 Å². The molecule has 0 aromatic heterocycles. The summed E-state index contributed by atoms with van der Waals surface area (Å²) in [5.74, 6) is 0.262. The Morgan fingerprint density at radius 2 is 2.27 bits per heavy atom. The second-order valence-electron chi connectivity index (χ2n) is 3.11. The van der Waals surface area contributed by atoms with E-state index < -0.39 is 11.9 Å². The SMILES string of the molecule is COc1cc(Br)ccc1NC(C)C(N)=O. The molecule has 0 aliphatic carbocycles. The monoisotopic (exact) mass is 272 g/mol. The number of hydrogen-bond donors (Lipinski definition) is 2. The lowest BCUT2D eigenvalue weighted by atomic mass is 10.2. The van der Waals surface area contributed by atoms with Crippen LogP contribution >= 0.6 is 15.9 Å². The van der Waals surface area contributed by atoms with Crippen LogP contribution in [0.4, 0.5) is 5.69 Å². The van der Waals surface area contributed by atoms with Crippen LogP contribution in [0.15, 0.2) is 22.7 Å². The Hall–Kier alpha value is -1.23. The van der Waals surface area contributed by atoms with E-state index in [-0.39, 0.29) is 0 Å². The van der Waals surface area contributed by atoms with Gasteiger partial charge in [0.15, 0.2) is 0 Å². The van der Waals surface area contributed by atoms with Crippen LogP contribution in [0.5, 0.6) is 5.75 Å². The fourth-order valence-corrected chi connectivity index (χ4v) is 1.43. The minimum Gasteiger partial charge on any atom is -0.495 e. The van der Waals surface area contributed by atoms with Gasteiger partial charge >= 0.3 is 0 Å². The first kappa shape index (κ1) is 11.8. The molecule has 1 amide bonds. The zero-order valence-electron chi connectivity index (χ0n) is 8.58. The number of primary amides is 1. The molecular weight excluding hydrogens is 260 g/mol. The minimum atomic E-state index is -0.430. The van der Waals surface area contributed by atoms with E-state index in [0.29, 0.717) is 5.75 Å². The number of ether oxygens (including phenoxy) is 1. The van der Waals surface area contributed by atoms with Gasteiger partial charge in [-0.25, -0.2) is 0 Å². The number of nitrogens with two attached hydrogens (primary N) is 1. The number of methoxy groups -OCH3 is 1. The largest absolute Gasteiger partial charge is 0.495 e. The van der Waals surface area contributed by atoms with Gasteiger partial charge in [0.05, 0.1) is 12.8 Å². The van der Waals surface area contributed by atoms with Gasteiger partial charge in [0, 0.05) is 4.47 Å². The Morgan fingerprint density at radius 1 is 1.60 bits per heavy atom. The molecule has 15 heavy (non-hydrogen) atoms. The zero-order chi connectivity index (χ0) is 11.4. The van der Waals surface area contributed by atoms with E-state index in [1.54, 1.807) is 14.0 Å². The molecule has 0 heterocycles. The molecule has 1 atom stereocenters. The molecule has 0 aliphatic rings. The van der Waals surface area contributed by atoms with Crippen LogP contribution in [0.3, 0.4) is 0 Å². The number of hydrogen-bond acceptors (Lipinski definition) is 3. The molecule has 0 saturated heterocycles. The van der Waals surface area contributed by atoms with Gasteiger partial charge in [-0.3, -0.25) is 4.79 Å². The molecule has 3 N–H and O–H groups in total. The predicted octanol–water partition coefficient (Wildman–Crippen LogP) is 1.74. The van der Waals surface area contributed by atoms with Crippen molar-refractivity contribution in [2.24, 2.45) is 5.73 Å². The molecule has 0 spiro atoms. The van der Waals surface area contributed by atoms with Crippen LogP contribution < -0.4 is 15.8 Å². The fourth-order valence-electron chi connectivity index (χ4n) is 1.09. The molecule has 0 saturated carbocycles. The van der Waals surface area contributed by atoms with E-state index in [4.69, 9.17) is 10.5 Å². The number of carbonyl (C=O) groups excluding carboxylic acids is 1. The number of nitrogens with one attached hydrogen (secondary N) is 1. The van der Waals surface area contributed by atoms with Crippen LogP contribution in [-0.2, 0) is 4.79 Å². The number of benzene rings is 1. The second kappa shape index (κ2) is 5.02. The van der Waals surface area contributed by atoms with Gasteiger partial charge in [-0.1, -0.05) is 15.9 Å². The molecule has 1 aromatic rings. The molecule has 1 aromatic carbocycles. The molecule has 0 bridgehead atoms. The molecule has 1 rings (SSSR count). The summed E-state index contributed by atoms with van der Waals surface area (Å²) in [6.07, 6.45) is 0. The summed E-state index contributed by atoms with van der Waals surface area (Å²) in [7, 11) is 1.57. The summed E-state index contributed by atoms with van der Waals surface area (Å²) in [5.41, 5.74) is 5.90. The van der Waals surface area contributed by atoms with E-state index >= 15 is 0 Å². The minimum absolute atomic E-state index is 0.403. The van der Waals surface area contributed by atoms with Crippen molar-refractivity contribution in [3.05, 3.63) is 22.7 Å². The Labute approximate surface area is 96.9 Å². The van der Waals surface area contributed by atoms with Gasteiger partial charge in [0.2, 0.25) is 5.91 Å². The zero-order valence-corrected chi connectivity index (χ0v) is 10.2. The topological polar surface area (TPSA) is 64.3 Å². The summed E-state index contributed by atoms with van der Waals surface area (Å²) >= 11 is 3.33. The van der Waals surface area contributed by atoms with Crippen LogP contribution in [0.1, 0.15) is 6.92 Å². The number of halogens is 1. The Morgan fingerprint density at radius 3 is 2.80 bits per heavy atom. The Balaban J connectivity index is 2.89. The lowest BCUT2D eigenvalue weighted by Crippen LogP contribution is -2.32. The standard InChI is InChI=1S/C10H13BrN2O2/c1-6(10(12)14)13-8-4-3-7(11)5-9(8)15-2/h3-6,13H,1-2H3,(H2,12,14). The van der Waals surface area contributed by atoms with Crippen molar-refractivity contribution < 1.29 is 9.53 Å². The summed E-state index contributed by atoms with van der Waals surface area (Å²) in [4.78, 5) is 10.9. The van der Waals surface area contributed by atoms with Gasteiger partial charge in [-0.15, -0.1) is 0 Å². The van der Waals surface area contributed by atoms with Crippen LogP contribution in [0.25, 0.3) is 0 Å². The lowest BCUT2D eigenvalue weighted by molar-refractivity contribution is -0.118. The highest BCUT2D eigenvalue weighted by atomic mass is 79.9. The van der Waals surface area contributed by atoms with Crippen molar-refractivity contribution in [1.82, 2.24) is 0 Å².